The number of carbonyl (C=O) groups is 1. The lowest BCUT2D eigenvalue weighted by Crippen LogP contribution is -2.12. The summed E-state index contributed by atoms with van der Waals surface area (Å²) in [5.41, 5.74) is 2.24. The number of hydrogen-bond acceptors (Lipinski definition) is 4. The third-order valence-electron chi connectivity index (χ3n) is 3.05. The van der Waals surface area contributed by atoms with Gasteiger partial charge in [0.15, 0.2) is 11.4 Å². The minimum absolute atomic E-state index is 0.136. The normalized spacial score (nSPS) is 10.7. The quantitative estimate of drug-likeness (QED) is 0.485. The molecule has 0 bridgehead atoms. The van der Waals surface area contributed by atoms with Crippen molar-refractivity contribution in [3.05, 3.63) is 63.3 Å². The zero-order chi connectivity index (χ0) is 15.7. The summed E-state index contributed by atoms with van der Waals surface area (Å²) in [6.07, 6.45) is 1.40. The maximum atomic E-state index is 12.3. The molecule has 0 N–H and O–H groups in total. The summed E-state index contributed by atoms with van der Waals surface area (Å²) >= 11 is 9.46. The standard InChI is InChI=1S/C16H10BrClN2O2/c1-9-6-10(17)7-11(18)15(9)22-16(21)14-8-19-12-4-2-3-5-13(12)20-14/h2-8H,1H3. The molecule has 0 aliphatic heterocycles. The predicted molar refractivity (Wildman–Crippen MR) is 88.4 cm³/mol. The molecule has 0 fully saturated rings. The molecule has 3 rings (SSSR count). The van der Waals surface area contributed by atoms with Crippen LogP contribution >= 0.6 is 27.5 Å². The van der Waals surface area contributed by atoms with Crippen LogP contribution in [-0.4, -0.2) is 15.9 Å². The summed E-state index contributed by atoms with van der Waals surface area (Å²) in [4.78, 5) is 20.7. The van der Waals surface area contributed by atoms with Crippen LogP contribution in [0.25, 0.3) is 11.0 Å². The molecule has 0 saturated carbocycles. The molecular weight excluding hydrogens is 368 g/mol. The number of halogens is 2. The molecule has 0 aliphatic rings. The van der Waals surface area contributed by atoms with Gasteiger partial charge >= 0.3 is 5.97 Å². The third kappa shape index (κ3) is 2.96. The molecule has 2 aromatic carbocycles. The summed E-state index contributed by atoms with van der Waals surface area (Å²) in [5.74, 6) is -0.268. The summed E-state index contributed by atoms with van der Waals surface area (Å²) < 4.78 is 6.19. The Morgan fingerprint density at radius 2 is 1.95 bits per heavy atom. The second-order valence-electron chi connectivity index (χ2n) is 4.67. The number of carbonyl (C=O) groups excluding carboxylic acids is 1. The maximum absolute atomic E-state index is 12.3. The monoisotopic (exact) mass is 376 g/mol. The summed E-state index contributed by atoms with van der Waals surface area (Å²) in [6, 6.07) is 10.8. The Balaban J connectivity index is 1.93. The molecule has 110 valence electrons. The largest absolute Gasteiger partial charge is 0.420 e. The first-order valence-electron chi connectivity index (χ1n) is 6.44. The number of aryl methyl sites for hydroxylation is 1. The summed E-state index contributed by atoms with van der Waals surface area (Å²) in [6.45, 7) is 1.81. The van der Waals surface area contributed by atoms with E-state index >= 15 is 0 Å². The van der Waals surface area contributed by atoms with Crippen LogP contribution in [0.4, 0.5) is 0 Å². The van der Waals surface area contributed by atoms with Crippen molar-refractivity contribution < 1.29 is 9.53 Å². The van der Waals surface area contributed by atoms with Crippen LogP contribution in [0.3, 0.4) is 0 Å². The van der Waals surface area contributed by atoms with Gasteiger partial charge in [0.2, 0.25) is 0 Å². The highest BCUT2D eigenvalue weighted by Crippen LogP contribution is 2.32. The molecule has 4 nitrogen and oxygen atoms in total. The molecule has 0 saturated heterocycles. The molecule has 0 unspecified atom stereocenters. The minimum Gasteiger partial charge on any atom is -0.420 e. The highest BCUT2D eigenvalue weighted by Gasteiger charge is 2.16. The number of hydrogen-bond donors (Lipinski definition) is 0. The van der Waals surface area contributed by atoms with Crippen molar-refractivity contribution in [2.24, 2.45) is 0 Å². The first-order chi connectivity index (χ1) is 10.5. The fraction of sp³-hybridized carbons (Fsp3) is 0.0625. The van der Waals surface area contributed by atoms with Crippen LogP contribution in [0, 0.1) is 6.92 Å². The van der Waals surface area contributed by atoms with E-state index in [-0.39, 0.29) is 5.69 Å². The molecule has 0 spiro atoms. The Labute approximate surface area is 140 Å². The summed E-state index contributed by atoms with van der Waals surface area (Å²) in [5, 5.41) is 0.356. The fourth-order valence-corrected chi connectivity index (χ4v) is 3.03. The first kappa shape index (κ1) is 14.9. The number of rotatable bonds is 2. The van der Waals surface area contributed by atoms with Gasteiger partial charge in [-0.1, -0.05) is 39.7 Å². The third-order valence-corrected chi connectivity index (χ3v) is 3.79. The lowest BCUT2D eigenvalue weighted by molar-refractivity contribution is 0.0727. The van der Waals surface area contributed by atoms with Gasteiger partial charge in [-0.25, -0.2) is 9.78 Å². The van der Waals surface area contributed by atoms with E-state index in [9.17, 15) is 4.79 Å². The Morgan fingerprint density at radius 1 is 1.23 bits per heavy atom. The highest BCUT2D eigenvalue weighted by molar-refractivity contribution is 9.10. The lowest BCUT2D eigenvalue weighted by Gasteiger charge is -2.09. The average Bonchev–Trinajstić information content (AvgIpc) is 2.50. The second-order valence-corrected chi connectivity index (χ2v) is 5.99. The van der Waals surface area contributed by atoms with Crippen molar-refractivity contribution in [1.82, 2.24) is 9.97 Å². The predicted octanol–water partition coefficient (Wildman–Crippen LogP) is 4.57. The van der Waals surface area contributed by atoms with E-state index in [1.807, 2.05) is 31.2 Å². The molecule has 3 aromatic rings. The van der Waals surface area contributed by atoms with Crippen LogP contribution in [0.15, 0.2) is 47.1 Å². The number of nitrogens with zero attached hydrogens (tertiary/aromatic N) is 2. The smallest absolute Gasteiger partial charge is 0.364 e. The zero-order valence-electron chi connectivity index (χ0n) is 11.5. The highest BCUT2D eigenvalue weighted by atomic mass is 79.9. The number of benzene rings is 2. The van der Waals surface area contributed by atoms with Gasteiger partial charge in [-0.3, -0.25) is 4.98 Å². The van der Waals surface area contributed by atoms with Gasteiger partial charge in [-0.05, 0) is 36.8 Å². The number of ether oxygens (including phenoxy) is 1. The van der Waals surface area contributed by atoms with E-state index in [4.69, 9.17) is 16.3 Å². The Kier molecular flexibility index (Phi) is 4.09. The topological polar surface area (TPSA) is 52.1 Å². The van der Waals surface area contributed by atoms with Crippen LogP contribution in [-0.2, 0) is 0 Å². The van der Waals surface area contributed by atoms with E-state index in [0.717, 1.165) is 15.6 Å². The summed E-state index contributed by atoms with van der Waals surface area (Å²) in [7, 11) is 0. The zero-order valence-corrected chi connectivity index (χ0v) is 13.9. The molecule has 0 amide bonds. The van der Waals surface area contributed by atoms with E-state index in [2.05, 4.69) is 25.9 Å². The van der Waals surface area contributed by atoms with E-state index in [0.29, 0.717) is 16.3 Å². The van der Waals surface area contributed by atoms with Crippen molar-refractivity contribution in [1.29, 1.82) is 0 Å². The SMILES string of the molecule is Cc1cc(Br)cc(Cl)c1OC(=O)c1cnc2ccccc2n1. The van der Waals surface area contributed by atoms with Crippen LogP contribution in [0.2, 0.25) is 5.02 Å². The fourth-order valence-electron chi connectivity index (χ4n) is 2.02. The van der Waals surface area contributed by atoms with Crippen molar-refractivity contribution in [2.45, 2.75) is 6.92 Å². The second kappa shape index (κ2) is 6.02. The van der Waals surface area contributed by atoms with E-state index in [1.54, 1.807) is 12.1 Å². The van der Waals surface area contributed by atoms with Crippen molar-refractivity contribution in [2.75, 3.05) is 0 Å². The van der Waals surface area contributed by atoms with Crippen LogP contribution < -0.4 is 4.74 Å². The molecular formula is C16H10BrClN2O2. The molecule has 0 atom stereocenters. The average molecular weight is 378 g/mol. The van der Waals surface area contributed by atoms with Crippen molar-refractivity contribution in [3.8, 4) is 5.75 Å². The molecule has 0 radical (unpaired) electrons. The Bertz CT molecular complexity index is 860. The Morgan fingerprint density at radius 3 is 2.68 bits per heavy atom. The lowest BCUT2D eigenvalue weighted by atomic mass is 10.2. The Hall–Kier alpha value is -1.98. The van der Waals surface area contributed by atoms with Gasteiger partial charge in [0, 0.05) is 4.47 Å². The van der Waals surface area contributed by atoms with Crippen LogP contribution in [0.1, 0.15) is 16.1 Å². The van der Waals surface area contributed by atoms with Gasteiger partial charge in [-0.15, -0.1) is 0 Å². The van der Waals surface area contributed by atoms with Gasteiger partial charge in [-0.2, -0.15) is 0 Å². The number of esters is 1. The van der Waals surface area contributed by atoms with Crippen molar-refractivity contribution in [3.63, 3.8) is 0 Å². The van der Waals surface area contributed by atoms with Gasteiger partial charge in [0.05, 0.1) is 22.3 Å². The number of fused-ring (bicyclic) bond motifs is 1. The van der Waals surface area contributed by atoms with Gasteiger partial charge in [0.1, 0.15) is 0 Å². The molecule has 6 heteroatoms. The molecule has 22 heavy (non-hydrogen) atoms. The van der Waals surface area contributed by atoms with E-state index in [1.165, 1.54) is 6.20 Å². The number of para-hydroxylation sites is 2. The van der Waals surface area contributed by atoms with Crippen molar-refractivity contribution >= 4 is 44.5 Å². The maximum Gasteiger partial charge on any atom is 0.364 e. The van der Waals surface area contributed by atoms with Gasteiger partial charge in [0.25, 0.3) is 0 Å². The molecule has 0 aliphatic carbocycles. The molecule has 1 aromatic heterocycles. The van der Waals surface area contributed by atoms with Gasteiger partial charge < -0.3 is 4.74 Å². The van der Waals surface area contributed by atoms with Crippen LogP contribution in [0.5, 0.6) is 5.75 Å². The molecule has 1 heterocycles. The minimum atomic E-state index is -0.592. The number of aromatic nitrogens is 2. The van der Waals surface area contributed by atoms with E-state index < -0.39 is 5.97 Å². The first-order valence-corrected chi connectivity index (χ1v) is 7.61.